The smallest absolute Gasteiger partial charge is 0.248 e. The monoisotopic (exact) mass is 391 g/mol. The van der Waals surface area contributed by atoms with E-state index in [1.807, 2.05) is 29.5 Å². The number of thiophene rings is 1. The molecule has 4 nitrogen and oxygen atoms in total. The van der Waals surface area contributed by atoms with Crippen LogP contribution in [0.2, 0.25) is 0 Å². The molecule has 1 amide bonds. The minimum absolute atomic E-state index is 0.365. The second kappa shape index (κ2) is 8.59. The molecule has 3 N–H and O–H groups in total. The van der Waals surface area contributed by atoms with Crippen molar-refractivity contribution >= 4 is 28.6 Å². The Morgan fingerprint density at radius 1 is 1.14 bits per heavy atom. The normalized spacial score (nSPS) is 13.4. The van der Waals surface area contributed by atoms with Crippen LogP contribution in [-0.4, -0.2) is 19.0 Å². The Hall–Kier alpha value is -2.63. The van der Waals surface area contributed by atoms with Crippen molar-refractivity contribution in [1.82, 2.24) is 5.32 Å². The van der Waals surface area contributed by atoms with E-state index < -0.39 is 0 Å². The zero-order chi connectivity index (χ0) is 19.3. The lowest BCUT2D eigenvalue weighted by Gasteiger charge is -2.31. The summed E-state index contributed by atoms with van der Waals surface area (Å²) in [6, 6.07) is 18.8. The van der Waals surface area contributed by atoms with Gasteiger partial charge in [0.05, 0.1) is 0 Å². The Balaban J connectivity index is 1.39. The molecule has 0 aliphatic carbocycles. The van der Waals surface area contributed by atoms with E-state index in [1.165, 1.54) is 27.4 Å². The van der Waals surface area contributed by atoms with Crippen molar-refractivity contribution in [1.29, 1.82) is 0 Å². The van der Waals surface area contributed by atoms with Gasteiger partial charge < -0.3 is 16.0 Å². The molecule has 2 aromatic carbocycles. The minimum Gasteiger partial charge on any atom is -0.366 e. The molecule has 1 aliphatic rings. The van der Waals surface area contributed by atoms with Crippen LogP contribution in [0, 0.1) is 0 Å². The third-order valence-electron chi connectivity index (χ3n) is 5.19. The van der Waals surface area contributed by atoms with Crippen molar-refractivity contribution in [2.45, 2.75) is 25.8 Å². The number of carbonyl (C=O) groups excluding carboxylic acids is 1. The average Bonchev–Trinajstić information content (AvgIpc) is 3.24. The first-order valence-corrected chi connectivity index (χ1v) is 10.6. The van der Waals surface area contributed by atoms with Gasteiger partial charge in [0.1, 0.15) is 0 Å². The Bertz CT molecular complexity index is 935. The molecule has 0 saturated carbocycles. The van der Waals surface area contributed by atoms with Gasteiger partial charge in [-0.1, -0.05) is 18.2 Å². The standard InChI is InChI=1S/C23H25N3OS/c24-23(27)19-7-10-22-18(15-19)3-1-13-26(22)20-8-5-17(6-9-20)16-25-12-11-21-4-2-14-28-21/h2,4-10,14-15,25H,1,3,11-13,16H2,(H2,24,27). The van der Waals surface area contributed by atoms with Gasteiger partial charge >= 0.3 is 0 Å². The number of primary amides is 1. The molecular formula is C23H25N3OS. The van der Waals surface area contributed by atoms with Crippen LogP contribution in [0.3, 0.4) is 0 Å². The maximum atomic E-state index is 11.5. The molecule has 0 fully saturated rings. The summed E-state index contributed by atoms with van der Waals surface area (Å²) < 4.78 is 0. The number of nitrogens with zero attached hydrogens (tertiary/aromatic N) is 1. The number of hydrogen-bond donors (Lipinski definition) is 2. The van der Waals surface area contributed by atoms with Crippen LogP contribution in [0.4, 0.5) is 11.4 Å². The molecule has 0 spiro atoms. The van der Waals surface area contributed by atoms with Crippen LogP contribution >= 0.6 is 11.3 Å². The molecule has 0 radical (unpaired) electrons. The summed E-state index contributed by atoms with van der Waals surface area (Å²) in [7, 11) is 0. The zero-order valence-electron chi connectivity index (χ0n) is 15.9. The Kier molecular flexibility index (Phi) is 5.74. The van der Waals surface area contributed by atoms with Crippen LogP contribution in [0.5, 0.6) is 0 Å². The van der Waals surface area contributed by atoms with E-state index in [4.69, 9.17) is 5.73 Å². The number of rotatable bonds is 7. The first kappa shape index (κ1) is 18.7. The maximum absolute atomic E-state index is 11.5. The highest BCUT2D eigenvalue weighted by Crippen LogP contribution is 2.34. The highest BCUT2D eigenvalue weighted by atomic mass is 32.1. The molecule has 0 bridgehead atoms. The largest absolute Gasteiger partial charge is 0.366 e. The zero-order valence-corrected chi connectivity index (χ0v) is 16.7. The van der Waals surface area contributed by atoms with E-state index in [0.717, 1.165) is 38.9 Å². The highest BCUT2D eigenvalue weighted by molar-refractivity contribution is 7.09. The first-order valence-electron chi connectivity index (χ1n) is 9.73. The quantitative estimate of drug-likeness (QED) is 0.592. The van der Waals surface area contributed by atoms with E-state index in [2.05, 4.69) is 52.0 Å². The maximum Gasteiger partial charge on any atom is 0.248 e. The number of aryl methyl sites for hydroxylation is 1. The molecule has 0 unspecified atom stereocenters. The lowest BCUT2D eigenvalue weighted by atomic mass is 9.98. The molecule has 28 heavy (non-hydrogen) atoms. The van der Waals surface area contributed by atoms with Gasteiger partial charge in [-0.3, -0.25) is 4.79 Å². The molecule has 2 heterocycles. The summed E-state index contributed by atoms with van der Waals surface area (Å²) in [5.74, 6) is -0.365. The van der Waals surface area contributed by atoms with Gasteiger partial charge in [-0.2, -0.15) is 0 Å². The van der Waals surface area contributed by atoms with Crippen LogP contribution in [-0.2, 0) is 19.4 Å². The number of fused-ring (bicyclic) bond motifs is 1. The van der Waals surface area contributed by atoms with Crippen molar-refractivity contribution in [3.63, 3.8) is 0 Å². The van der Waals surface area contributed by atoms with E-state index in [0.29, 0.717) is 5.56 Å². The second-order valence-corrected chi connectivity index (χ2v) is 8.17. The van der Waals surface area contributed by atoms with Gasteiger partial charge in [0, 0.05) is 41.4 Å². The SMILES string of the molecule is NC(=O)c1ccc2c(c1)CCCN2c1ccc(CNCCc2cccs2)cc1. The summed E-state index contributed by atoms with van der Waals surface area (Å²) >= 11 is 1.81. The summed E-state index contributed by atoms with van der Waals surface area (Å²) in [6.45, 7) is 2.86. The van der Waals surface area contributed by atoms with Crippen LogP contribution in [0.25, 0.3) is 0 Å². The molecule has 4 rings (SSSR count). The van der Waals surface area contributed by atoms with Crippen molar-refractivity contribution in [3.8, 4) is 0 Å². The predicted octanol–water partition coefficient (Wildman–Crippen LogP) is 4.26. The molecule has 1 aromatic heterocycles. The third-order valence-corrected chi connectivity index (χ3v) is 6.12. The van der Waals surface area contributed by atoms with E-state index in [1.54, 1.807) is 0 Å². The third kappa shape index (κ3) is 4.26. The van der Waals surface area contributed by atoms with Crippen molar-refractivity contribution in [2.24, 2.45) is 5.73 Å². The van der Waals surface area contributed by atoms with E-state index >= 15 is 0 Å². The van der Waals surface area contributed by atoms with Gasteiger partial charge in [0.15, 0.2) is 0 Å². The Labute approximate surface area is 170 Å². The van der Waals surface area contributed by atoms with Gasteiger partial charge in [-0.05, 0) is 72.2 Å². The summed E-state index contributed by atoms with van der Waals surface area (Å²) in [4.78, 5) is 15.2. The van der Waals surface area contributed by atoms with E-state index in [9.17, 15) is 4.79 Å². The topological polar surface area (TPSA) is 58.4 Å². The van der Waals surface area contributed by atoms with Crippen molar-refractivity contribution in [2.75, 3.05) is 18.0 Å². The van der Waals surface area contributed by atoms with Crippen molar-refractivity contribution in [3.05, 3.63) is 81.5 Å². The Morgan fingerprint density at radius 3 is 2.75 bits per heavy atom. The lowest BCUT2D eigenvalue weighted by molar-refractivity contribution is 0.1000. The summed E-state index contributed by atoms with van der Waals surface area (Å²) in [6.07, 6.45) is 3.13. The molecule has 0 atom stereocenters. The molecule has 5 heteroatoms. The number of amides is 1. The lowest BCUT2D eigenvalue weighted by Crippen LogP contribution is -2.25. The fourth-order valence-corrected chi connectivity index (χ4v) is 4.42. The molecule has 3 aromatic rings. The second-order valence-electron chi connectivity index (χ2n) is 7.14. The number of nitrogens with one attached hydrogen (secondary N) is 1. The summed E-state index contributed by atoms with van der Waals surface area (Å²) in [5.41, 5.74) is 10.9. The molecular weight excluding hydrogens is 366 g/mol. The number of anilines is 2. The van der Waals surface area contributed by atoms with Crippen LogP contribution < -0.4 is 16.0 Å². The molecule has 1 aliphatic heterocycles. The van der Waals surface area contributed by atoms with Crippen LogP contribution in [0.15, 0.2) is 60.0 Å². The average molecular weight is 392 g/mol. The fourth-order valence-electron chi connectivity index (χ4n) is 3.71. The van der Waals surface area contributed by atoms with Gasteiger partial charge in [-0.25, -0.2) is 0 Å². The van der Waals surface area contributed by atoms with Crippen LogP contribution in [0.1, 0.15) is 32.8 Å². The fraction of sp³-hybridized carbons (Fsp3) is 0.261. The van der Waals surface area contributed by atoms with Crippen molar-refractivity contribution < 1.29 is 4.79 Å². The van der Waals surface area contributed by atoms with E-state index in [-0.39, 0.29) is 5.91 Å². The number of carbonyl (C=O) groups is 1. The summed E-state index contributed by atoms with van der Waals surface area (Å²) in [5, 5.41) is 5.65. The first-order chi connectivity index (χ1) is 13.7. The number of benzene rings is 2. The highest BCUT2D eigenvalue weighted by Gasteiger charge is 2.19. The predicted molar refractivity (Wildman–Crippen MR) is 116 cm³/mol. The van der Waals surface area contributed by atoms with Gasteiger partial charge in [-0.15, -0.1) is 11.3 Å². The van der Waals surface area contributed by atoms with Gasteiger partial charge in [0.2, 0.25) is 5.91 Å². The number of nitrogens with two attached hydrogens (primary N) is 1. The Morgan fingerprint density at radius 2 is 2.00 bits per heavy atom. The number of hydrogen-bond acceptors (Lipinski definition) is 4. The van der Waals surface area contributed by atoms with Gasteiger partial charge in [0.25, 0.3) is 0 Å². The minimum atomic E-state index is -0.365. The molecule has 144 valence electrons. The molecule has 0 saturated heterocycles.